The summed E-state index contributed by atoms with van der Waals surface area (Å²) in [5.41, 5.74) is 0. The third-order valence-electron chi connectivity index (χ3n) is 4.13. The molecule has 1 rings (SSSR count). The summed E-state index contributed by atoms with van der Waals surface area (Å²) in [4.78, 5) is 14.4. The Morgan fingerprint density at radius 2 is 1.90 bits per heavy atom. The molecule has 1 N–H and O–H groups in total. The number of hydrogen-bond donors (Lipinski definition) is 1. The average molecular weight is 284 g/mol. The lowest BCUT2D eigenvalue weighted by molar-refractivity contribution is -0.146. The molecule has 20 heavy (non-hydrogen) atoms. The van der Waals surface area contributed by atoms with Crippen molar-refractivity contribution < 1.29 is 9.53 Å². The van der Waals surface area contributed by atoms with Gasteiger partial charge in [0.05, 0.1) is 6.61 Å². The van der Waals surface area contributed by atoms with Crippen LogP contribution in [0.4, 0.5) is 0 Å². The number of carbonyl (C=O) groups is 1. The Labute approximate surface area is 124 Å². The highest BCUT2D eigenvalue weighted by Gasteiger charge is 2.24. The van der Waals surface area contributed by atoms with Crippen molar-refractivity contribution in [2.45, 2.75) is 70.9 Å². The summed E-state index contributed by atoms with van der Waals surface area (Å²) in [7, 11) is 2.15. The van der Waals surface area contributed by atoms with Crippen molar-refractivity contribution in [1.29, 1.82) is 0 Å². The van der Waals surface area contributed by atoms with E-state index in [1.165, 1.54) is 38.5 Å². The predicted molar refractivity (Wildman–Crippen MR) is 82.8 cm³/mol. The third kappa shape index (κ3) is 6.23. The average Bonchev–Trinajstić information content (AvgIpc) is 2.72. The maximum Gasteiger partial charge on any atom is 0.324 e. The van der Waals surface area contributed by atoms with Gasteiger partial charge in [-0.05, 0) is 39.8 Å². The van der Waals surface area contributed by atoms with Gasteiger partial charge in [-0.15, -0.1) is 0 Å². The third-order valence-corrected chi connectivity index (χ3v) is 4.13. The van der Waals surface area contributed by atoms with E-state index in [0.29, 0.717) is 12.6 Å². The maximum absolute atomic E-state index is 12.0. The van der Waals surface area contributed by atoms with Gasteiger partial charge in [-0.1, -0.05) is 32.6 Å². The van der Waals surface area contributed by atoms with E-state index in [1.54, 1.807) is 0 Å². The van der Waals surface area contributed by atoms with E-state index in [9.17, 15) is 4.79 Å². The molecule has 0 aromatic heterocycles. The van der Waals surface area contributed by atoms with Gasteiger partial charge in [0.25, 0.3) is 0 Å². The number of likely N-dealkylation sites (N-methyl/N-ethyl adjacent to an activating group) is 1. The van der Waals surface area contributed by atoms with Crippen molar-refractivity contribution in [3.8, 4) is 0 Å². The van der Waals surface area contributed by atoms with Crippen molar-refractivity contribution in [3.63, 3.8) is 0 Å². The van der Waals surface area contributed by atoms with Crippen molar-refractivity contribution in [2.24, 2.45) is 0 Å². The number of ether oxygens (including phenoxy) is 1. The van der Waals surface area contributed by atoms with Crippen LogP contribution in [0.5, 0.6) is 0 Å². The molecule has 0 radical (unpaired) electrons. The number of nitrogens with zero attached hydrogens (tertiary/aromatic N) is 1. The second-order valence-electron chi connectivity index (χ2n) is 5.84. The first-order valence-corrected chi connectivity index (χ1v) is 8.29. The monoisotopic (exact) mass is 284 g/mol. The fourth-order valence-corrected chi connectivity index (χ4v) is 2.92. The molecular formula is C16H32N2O2. The van der Waals surface area contributed by atoms with Gasteiger partial charge in [0.1, 0.15) is 6.04 Å². The van der Waals surface area contributed by atoms with Gasteiger partial charge in [0, 0.05) is 12.6 Å². The lowest BCUT2D eigenvalue weighted by atomic mass is 10.1. The highest BCUT2D eigenvalue weighted by molar-refractivity contribution is 5.76. The van der Waals surface area contributed by atoms with Crippen LogP contribution in [0.2, 0.25) is 0 Å². The topological polar surface area (TPSA) is 41.6 Å². The first kappa shape index (κ1) is 17.4. The molecule has 0 amide bonds. The van der Waals surface area contributed by atoms with Crippen LogP contribution in [-0.4, -0.2) is 49.7 Å². The minimum absolute atomic E-state index is 0.110. The van der Waals surface area contributed by atoms with Gasteiger partial charge in [0.2, 0.25) is 0 Å². The van der Waals surface area contributed by atoms with Crippen LogP contribution in [0.1, 0.15) is 58.8 Å². The van der Waals surface area contributed by atoms with Gasteiger partial charge < -0.3 is 15.0 Å². The van der Waals surface area contributed by atoms with E-state index in [4.69, 9.17) is 4.74 Å². The van der Waals surface area contributed by atoms with E-state index in [2.05, 4.69) is 24.2 Å². The number of rotatable bonds is 8. The molecule has 1 fully saturated rings. The zero-order valence-electron chi connectivity index (χ0n) is 13.5. The Balaban J connectivity index is 2.50. The van der Waals surface area contributed by atoms with Crippen LogP contribution in [0.15, 0.2) is 0 Å². The first-order valence-electron chi connectivity index (χ1n) is 8.29. The molecular weight excluding hydrogens is 252 g/mol. The van der Waals surface area contributed by atoms with E-state index < -0.39 is 0 Å². The van der Waals surface area contributed by atoms with Crippen LogP contribution in [0.25, 0.3) is 0 Å². The molecule has 1 saturated carbocycles. The second-order valence-corrected chi connectivity index (χ2v) is 5.84. The molecule has 118 valence electrons. The second kappa shape index (κ2) is 10.2. The van der Waals surface area contributed by atoms with Gasteiger partial charge in [-0.3, -0.25) is 4.79 Å². The Hall–Kier alpha value is -0.610. The van der Waals surface area contributed by atoms with Gasteiger partial charge in [0.15, 0.2) is 0 Å². The van der Waals surface area contributed by atoms with Crippen molar-refractivity contribution in [1.82, 2.24) is 10.2 Å². The lowest BCUT2D eigenvalue weighted by Gasteiger charge is -2.30. The highest BCUT2D eigenvalue weighted by atomic mass is 16.5. The number of nitrogens with one attached hydrogen (secondary N) is 1. The summed E-state index contributed by atoms with van der Waals surface area (Å²) in [6.45, 7) is 6.05. The van der Waals surface area contributed by atoms with Crippen molar-refractivity contribution >= 4 is 5.97 Å². The maximum atomic E-state index is 12.0. The summed E-state index contributed by atoms with van der Waals surface area (Å²) < 4.78 is 5.19. The lowest BCUT2D eigenvalue weighted by Crippen LogP contribution is -2.48. The number of carbonyl (C=O) groups excluding carboxylic acids is 1. The van der Waals surface area contributed by atoms with Crippen LogP contribution in [-0.2, 0) is 9.53 Å². The zero-order valence-corrected chi connectivity index (χ0v) is 13.5. The van der Waals surface area contributed by atoms with Crippen LogP contribution in [0, 0.1) is 0 Å². The minimum Gasteiger partial charge on any atom is -0.465 e. The fourth-order valence-electron chi connectivity index (χ4n) is 2.92. The molecule has 0 aliphatic heterocycles. The van der Waals surface area contributed by atoms with E-state index in [-0.39, 0.29) is 12.0 Å². The normalized spacial score (nSPS) is 18.8. The van der Waals surface area contributed by atoms with Gasteiger partial charge in [-0.25, -0.2) is 0 Å². The van der Waals surface area contributed by atoms with Gasteiger partial charge in [-0.2, -0.15) is 0 Å². The zero-order chi connectivity index (χ0) is 14.8. The SMILES string of the molecule is CCCNC(CN(C)C1CCCCCC1)C(=O)OCC. The molecule has 1 unspecified atom stereocenters. The van der Waals surface area contributed by atoms with Crippen LogP contribution in [0.3, 0.4) is 0 Å². The molecule has 0 heterocycles. The van der Waals surface area contributed by atoms with E-state index >= 15 is 0 Å². The number of esters is 1. The quantitative estimate of drug-likeness (QED) is 0.549. The van der Waals surface area contributed by atoms with Gasteiger partial charge >= 0.3 is 5.97 Å². The Morgan fingerprint density at radius 3 is 2.45 bits per heavy atom. The van der Waals surface area contributed by atoms with Crippen LogP contribution < -0.4 is 5.32 Å². The van der Waals surface area contributed by atoms with Crippen molar-refractivity contribution in [2.75, 3.05) is 26.7 Å². The molecule has 1 aliphatic carbocycles. The predicted octanol–water partition coefficient (Wildman–Crippen LogP) is 2.57. The molecule has 1 atom stereocenters. The summed E-state index contributed by atoms with van der Waals surface area (Å²) in [5.74, 6) is -0.110. The largest absolute Gasteiger partial charge is 0.465 e. The molecule has 1 aliphatic rings. The molecule has 0 bridgehead atoms. The van der Waals surface area contributed by atoms with E-state index in [0.717, 1.165) is 19.5 Å². The summed E-state index contributed by atoms with van der Waals surface area (Å²) in [5, 5.41) is 3.32. The Bertz CT molecular complexity index is 263. The highest BCUT2D eigenvalue weighted by Crippen LogP contribution is 2.21. The molecule has 0 saturated heterocycles. The Morgan fingerprint density at radius 1 is 1.25 bits per heavy atom. The minimum atomic E-state index is -0.192. The molecule has 0 aromatic carbocycles. The number of hydrogen-bond acceptors (Lipinski definition) is 4. The smallest absolute Gasteiger partial charge is 0.324 e. The summed E-state index contributed by atoms with van der Waals surface area (Å²) >= 11 is 0. The molecule has 0 spiro atoms. The van der Waals surface area contributed by atoms with E-state index in [1.807, 2.05) is 6.92 Å². The summed E-state index contributed by atoms with van der Waals surface area (Å²) in [6.07, 6.45) is 8.92. The van der Waals surface area contributed by atoms with Crippen molar-refractivity contribution in [3.05, 3.63) is 0 Å². The molecule has 0 aromatic rings. The van der Waals surface area contributed by atoms with Crippen LogP contribution >= 0.6 is 0 Å². The summed E-state index contributed by atoms with van der Waals surface area (Å²) in [6, 6.07) is 0.431. The molecule has 4 heteroatoms. The standard InChI is InChI=1S/C16H32N2O2/c1-4-12-17-15(16(19)20-5-2)13-18(3)14-10-8-6-7-9-11-14/h14-15,17H,4-13H2,1-3H3. The fraction of sp³-hybridized carbons (Fsp3) is 0.938. The Kier molecular flexibility index (Phi) is 8.86. The first-order chi connectivity index (χ1) is 9.69. The molecule has 4 nitrogen and oxygen atoms in total.